The van der Waals surface area contributed by atoms with E-state index in [-0.39, 0.29) is 0 Å². The highest BCUT2D eigenvalue weighted by Crippen LogP contribution is 2.27. The largest absolute Gasteiger partial charge is 0.307 e. The fourth-order valence-electron chi connectivity index (χ4n) is 2.92. The molecule has 3 atom stereocenters. The molecule has 0 saturated heterocycles. The van der Waals surface area contributed by atoms with E-state index in [0.717, 1.165) is 10.9 Å². The van der Waals surface area contributed by atoms with Gasteiger partial charge in [-0.05, 0) is 43.7 Å². The van der Waals surface area contributed by atoms with Gasteiger partial charge in [0.25, 0.3) is 0 Å². The van der Waals surface area contributed by atoms with Crippen molar-refractivity contribution < 1.29 is 0 Å². The van der Waals surface area contributed by atoms with E-state index in [1.165, 1.54) is 37.7 Å². The molecule has 0 amide bonds. The lowest BCUT2D eigenvalue weighted by Crippen LogP contribution is -2.31. The number of halogens is 1. The Balaban J connectivity index is 1.94. The van der Waals surface area contributed by atoms with Crippen molar-refractivity contribution in [3.63, 3.8) is 0 Å². The predicted molar refractivity (Wildman–Crippen MR) is 79.0 cm³/mol. The molecule has 18 heavy (non-hydrogen) atoms. The molecule has 0 heterocycles. The fourth-order valence-corrected chi connectivity index (χ4v) is 3.22. The van der Waals surface area contributed by atoms with Crippen LogP contribution in [0.2, 0.25) is 5.02 Å². The highest BCUT2D eigenvalue weighted by Gasteiger charge is 2.18. The molecular formula is C16H24ClN. The van der Waals surface area contributed by atoms with Gasteiger partial charge in [-0.15, -0.1) is 0 Å². The van der Waals surface area contributed by atoms with Gasteiger partial charge in [0.2, 0.25) is 0 Å². The molecular weight excluding hydrogens is 242 g/mol. The maximum absolute atomic E-state index is 6.25. The lowest BCUT2D eigenvalue weighted by molar-refractivity contribution is 0.408. The zero-order valence-electron chi connectivity index (χ0n) is 11.5. The Labute approximate surface area is 116 Å². The first-order chi connectivity index (χ1) is 8.66. The standard InChI is InChI=1S/C16H24ClN/c1-12-6-5-7-14(11-10-12)18-13(2)15-8-3-4-9-16(15)17/h3-4,8-9,12-14,18H,5-7,10-11H2,1-2H3/t12?,13-,14?/m1/s1. The van der Waals surface area contributed by atoms with Crippen molar-refractivity contribution in [2.45, 2.75) is 58.0 Å². The van der Waals surface area contributed by atoms with Crippen LogP contribution in [0.4, 0.5) is 0 Å². The summed E-state index contributed by atoms with van der Waals surface area (Å²) in [5.74, 6) is 0.896. The molecule has 1 N–H and O–H groups in total. The summed E-state index contributed by atoms with van der Waals surface area (Å²) in [5.41, 5.74) is 1.22. The number of hydrogen-bond donors (Lipinski definition) is 1. The predicted octanol–water partition coefficient (Wildman–Crippen LogP) is 4.96. The first-order valence-electron chi connectivity index (χ1n) is 7.17. The van der Waals surface area contributed by atoms with E-state index in [1.807, 2.05) is 12.1 Å². The molecule has 100 valence electrons. The maximum Gasteiger partial charge on any atom is 0.0453 e. The molecule has 0 radical (unpaired) electrons. The van der Waals surface area contributed by atoms with Crippen molar-refractivity contribution in [1.82, 2.24) is 5.32 Å². The Morgan fingerprint density at radius 1 is 1.17 bits per heavy atom. The molecule has 0 bridgehead atoms. The van der Waals surface area contributed by atoms with E-state index < -0.39 is 0 Å². The Hall–Kier alpha value is -0.530. The minimum Gasteiger partial charge on any atom is -0.307 e. The molecule has 2 heteroatoms. The normalized spacial score (nSPS) is 26.6. The van der Waals surface area contributed by atoms with Crippen LogP contribution < -0.4 is 5.32 Å². The van der Waals surface area contributed by atoms with Gasteiger partial charge in [0, 0.05) is 17.1 Å². The highest BCUT2D eigenvalue weighted by atomic mass is 35.5. The third-order valence-corrected chi connectivity index (χ3v) is 4.46. The monoisotopic (exact) mass is 265 g/mol. The van der Waals surface area contributed by atoms with Crippen LogP contribution in [0.25, 0.3) is 0 Å². The summed E-state index contributed by atoms with van der Waals surface area (Å²) in [6.45, 7) is 4.59. The van der Waals surface area contributed by atoms with Crippen LogP contribution in [-0.4, -0.2) is 6.04 Å². The summed E-state index contributed by atoms with van der Waals surface area (Å²) in [5, 5.41) is 4.63. The third-order valence-electron chi connectivity index (χ3n) is 4.11. The van der Waals surface area contributed by atoms with Crippen molar-refractivity contribution in [2.24, 2.45) is 5.92 Å². The van der Waals surface area contributed by atoms with Gasteiger partial charge < -0.3 is 5.32 Å². The summed E-state index contributed by atoms with van der Waals surface area (Å²) in [6, 6.07) is 9.16. The summed E-state index contributed by atoms with van der Waals surface area (Å²) >= 11 is 6.25. The molecule has 1 aliphatic rings. The third kappa shape index (κ3) is 3.73. The van der Waals surface area contributed by atoms with Gasteiger partial charge in [0.1, 0.15) is 0 Å². The number of benzene rings is 1. The molecule has 1 aliphatic carbocycles. The second-order valence-electron chi connectivity index (χ2n) is 5.72. The molecule has 1 aromatic rings. The molecule has 0 aromatic heterocycles. The topological polar surface area (TPSA) is 12.0 Å². The molecule has 1 saturated carbocycles. The SMILES string of the molecule is CC1CCCC(N[C@H](C)c2ccccc2Cl)CC1. The maximum atomic E-state index is 6.25. The van der Waals surface area contributed by atoms with Crippen LogP contribution in [0.5, 0.6) is 0 Å². The Kier molecular flexibility index (Phi) is 5.08. The van der Waals surface area contributed by atoms with Crippen LogP contribution in [0, 0.1) is 5.92 Å². The summed E-state index contributed by atoms with van der Waals surface area (Å²) in [4.78, 5) is 0. The van der Waals surface area contributed by atoms with Gasteiger partial charge in [-0.3, -0.25) is 0 Å². The Morgan fingerprint density at radius 3 is 2.72 bits per heavy atom. The molecule has 0 spiro atoms. The second kappa shape index (κ2) is 6.58. The summed E-state index contributed by atoms with van der Waals surface area (Å²) < 4.78 is 0. The van der Waals surface area contributed by atoms with E-state index in [4.69, 9.17) is 11.6 Å². The fraction of sp³-hybridized carbons (Fsp3) is 0.625. The van der Waals surface area contributed by atoms with Gasteiger partial charge in [0.15, 0.2) is 0 Å². The van der Waals surface area contributed by atoms with Crippen molar-refractivity contribution in [3.8, 4) is 0 Å². The Bertz CT molecular complexity index is 377. The first kappa shape index (κ1) is 13.9. The van der Waals surface area contributed by atoms with E-state index in [9.17, 15) is 0 Å². The Morgan fingerprint density at radius 2 is 1.94 bits per heavy atom. The lowest BCUT2D eigenvalue weighted by atomic mass is 10.0. The number of nitrogens with one attached hydrogen (secondary N) is 1. The van der Waals surface area contributed by atoms with Crippen molar-refractivity contribution in [2.75, 3.05) is 0 Å². The van der Waals surface area contributed by atoms with Crippen molar-refractivity contribution >= 4 is 11.6 Å². The van der Waals surface area contributed by atoms with Gasteiger partial charge in [-0.2, -0.15) is 0 Å². The van der Waals surface area contributed by atoms with Crippen LogP contribution in [0.3, 0.4) is 0 Å². The molecule has 1 aromatic carbocycles. The number of rotatable bonds is 3. The number of hydrogen-bond acceptors (Lipinski definition) is 1. The van der Waals surface area contributed by atoms with Crippen molar-refractivity contribution in [1.29, 1.82) is 0 Å². The summed E-state index contributed by atoms with van der Waals surface area (Å²) in [6.07, 6.45) is 6.70. The van der Waals surface area contributed by atoms with E-state index in [0.29, 0.717) is 12.1 Å². The molecule has 2 rings (SSSR count). The second-order valence-corrected chi connectivity index (χ2v) is 6.13. The molecule has 1 nitrogen and oxygen atoms in total. The average molecular weight is 266 g/mol. The van der Waals surface area contributed by atoms with Gasteiger partial charge in [-0.1, -0.05) is 49.6 Å². The molecule has 2 unspecified atom stereocenters. The zero-order valence-corrected chi connectivity index (χ0v) is 12.2. The van der Waals surface area contributed by atoms with Crippen molar-refractivity contribution in [3.05, 3.63) is 34.9 Å². The first-order valence-corrected chi connectivity index (χ1v) is 7.55. The summed E-state index contributed by atoms with van der Waals surface area (Å²) in [7, 11) is 0. The van der Waals surface area contributed by atoms with Crippen LogP contribution in [-0.2, 0) is 0 Å². The lowest BCUT2D eigenvalue weighted by Gasteiger charge is -2.23. The molecule has 0 aliphatic heterocycles. The van der Waals surface area contributed by atoms with Crippen LogP contribution in [0.15, 0.2) is 24.3 Å². The highest BCUT2D eigenvalue weighted by molar-refractivity contribution is 6.31. The van der Waals surface area contributed by atoms with Gasteiger partial charge in [-0.25, -0.2) is 0 Å². The van der Waals surface area contributed by atoms with Crippen LogP contribution >= 0.6 is 11.6 Å². The van der Waals surface area contributed by atoms with Crippen LogP contribution in [0.1, 0.15) is 57.6 Å². The van der Waals surface area contributed by atoms with E-state index in [1.54, 1.807) is 0 Å². The van der Waals surface area contributed by atoms with Gasteiger partial charge in [0.05, 0.1) is 0 Å². The van der Waals surface area contributed by atoms with Gasteiger partial charge >= 0.3 is 0 Å². The smallest absolute Gasteiger partial charge is 0.0453 e. The minimum absolute atomic E-state index is 0.345. The zero-order chi connectivity index (χ0) is 13.0. The van der Waals surface area contributed by atoms with E-state index in [2.05, 4.69) is 31.3 Å². The average Bonchev–Trinajstić information content (AvgIpc) is 2.55. The van der Waals surface area contributed by atoms with E-state index >= 15 is 0 Å². The minimum atomic E-state index is 0.345. The quantitative estimate of drug-likeness (QED) is 0.762. The molecule has 1 fully saturated rings.